The van der Waals surface area contributed by atoms with Crippen molar-refractivity contribution in [2.75, 3.05) is 7.11 Å². The van der Waals surface area contributed by atoms with Crippen LogP contribution in [-0.2, 0) is 9.53 Å². The number of H-pyrrole nitrogens is 1. The lowest BCUT2D eigenvalue weighted by Crippen LogP contribution is -2.39. The number of para-hydroxylation sites is 1. The number of aromatic nitrogens is 2. The average Bonchev–Trinajstić information content (AvgIpc) is 3.38. The van der Waals surface area contributed by atoms with Gasteiger partial charge in [-0.15, -0.1) is 0 Å². The highest BCUT2D eigenvalue weighted by molar-refractivity contribution is 7.07. The summed E-state index contributed by atoms with van der Waals surface area (Å²) in [6.07, 6.45) is 3.79. The van der Waals surface area contributed by atoms with Gasteiger partial charge >= 0.3 is 5.97 Å². The molecule has 34 heavy (non-hydrogen) atoms. The molecule has 2 aromatic heterocycles. The number of allylic oxidation sites excluding steroid dienone is 1. The number of carbonyl (C=O) groups is 1. The summed E-state index contributed by atoms with van der Waals surface area (Å²) in [6.45, 7) is 6.05. The lowest BCUT2D eigenvalue weighted by molar-refractivity contribution is -0.136. The number of methoxy groups -OCH3 is 1. The summed E-state index contributed by atoms with van der Waals surface area (Å²) in [7, 11) is 1.35. The lowest BCUT2D eigenvalue weighted by atomic mass is 9.93. The molecule has 6 nitrogen and oxygen atoms in total. The number of esters is 1. The molecule has 0 saturated carbocycles. The molecular weight excluding hydrogens is 446 g/mol. The molecule has 0 bridgehead atoms. The van der Waals surface area contributed by atoms with E-state index in [9.17, 15) is 9.59 Å². The molecule has 0 spiro atoms. The predicted octanol–water partition coefficient (Wildman–Crippen LogP) is 4.01. The molecule has 1 N–H and O–H groups in total. The number of thiazole rings is 1. The first kappa shape index (κ1) is 22.1. The molecule has 1 unspecified atom stereocenters. The molecule has 0 fully saturated rings. The minimum atomic E-state index is -0.602. The highest BCUT2D eigenvalue weighted by Crippen LogP contribution is 2.31. The van der Waals surface area contributed by atoms with Crippen molar-refractivity contribution in [3.05, 3.63) is 102 Å². The third kappa shape index (κ3) is 3.62. The molecule has 172 valence electrons. The Kier molecular flexibility index (Phi) is 5.57. The Morgan fingerprint density at radius 1 is 1.18 bits per heavy atom. The first-order valence-corrected chi connectivity index (χ1v) is 12.0. The molecule has 0 radical (unpaired) electrons. The van der Waals surface area contributed by atoms with E-state index < -0.39 is 12.0 Å². The van der Waals surface area contributed by atoms with E-state index in [-0.39, 0.29) is 5.56 Å². The van der Waals surface area contributed by atoms with Crippen LogP contribution in [0.1, 0.15) is 49.4 Å². The molecule has 2 aromatic carbocycles. The number of benzene rings is 2. The van der Waals surface area contributed by atoms with Crippen LogP contribution in [0.2, 0.25) is 0 Å². The number of nitrogens with zero attached hydrogens (tertiary/aromatic N) is 2. The zero-order chi connectivity index (χ0) is 24.0. The van der Waals surface area contributed by atoms with Crippen molar-refractivity contribution in [1.82, 2.24) is 9.55 Å². The molecule has 1 aliphatic rings. The van der Waals surface area contributed by atoms with Crippen molar-refractivity contribution in [3.8, 4) is 0 Å². The van der Waals surface area contributed by atoms with Crippen LogP contribution in [0.4, 0.5) is 0 Å². The normalized spacial score (nSPS) is 16.1. The fraction of sp³-hybridized carbons (Fsp3) is 0.222. The average molecular weight is 472 g/mol. The van der Waals surface area contributed by atoms with E-state index >= 15 is 0 Å². The van der Waals surface area contributed by atoms with Gasteiger partial charge in [-0.25, -0.2) is 9.79 Å². The minimum absolute atomic E-state index is 0.180. The Labute approximate surface area is 200 Å². The third-order valence-corrected chi connectivity index (χ3v) is 7.24. The second kappa shape index (κ2) is 8.57. The number of aromatic amines is 1. The minimum Gasteiger partial charge on any atom is -0.466 e. The second-order valence-electron chi connectivity index (χ2n) is 8.68. The Morgan fingerprint density at radius 3 is 2.62 bits per heavy atom. The third-order valence-electron chi connectivity index (χ3n) is 6.25. The van der Waals surface area contributed by atoms with Gasteiger partial charge in [-0.1, -0.05) is 67.6 Å². The summed E-state index contributed by atoms with van der Waals surface area (Å²) in [6, 6.07) is 15.4. The maximum atomic E-state index is 13.7. The van der Waals surface area contributed by atoms with Gasteiger partial charge in [0.1, 0.15) is 0 Å². The molecule has 4 aromatic rings. The van der Waals surface area contributed by atoms with E-state index in [4.69, 9.17) is 4.74 Å². The Bertz CT molecular complexity index is 1620. The zero-order valence-corrected chi connectivity index (χ0v) is 20.3. The van der Waals surface area contributed by atoms with E-state index in [2.05, 4.69) is 23.8 Å². The summed E-state index contributed by atoms with van der Waals surface area (Å²) in [5.41, 5.74) is 4.74. The summed E-state index contributed by atoms with van der Waals surface area (Å²) in [5.74, 6) is -0.102. The van der Waals surface area contributed by atoms with Gasteiger partial charge in [0.2, 0.25) is 0 Å². The number of rotatable bonds is 4. The lowest BCUT2D eigenvalue weighted by Gasteiger charge is -2.24. The molecule has 0 saturated heterocycles. The van der Waals surface area contributed by atoms with Crippen LogP contribution in [0.15, 0.2) is 75.8 Å². The number of hydrogen-bond donors (Lipinski definition) is 1. The Balaban J connectivity index is 1.73. The van der Waals surface area contributed by atoms with Crippen LogP contribution in [-0.4, -0.2) is 22.6 Å². The molecule has 0 amide bonds. The largest absolute Gasteiger partial charge is 0.466 e. The van der Waals surface area contributed by atoms with Crippen molar-refractivity contribution < 1.29 is 9.53 Å². The summed E-state index contributed by atoms with van der Waals surface area (Å²) < 4.78 is 7.27. The number of carbonyl (C=O) groups excluding carboxylic acids is 1. The van der Waals surface area contributed by atoms with E-state index in [1.165, 1.54) is 24.0 Å². The van der Waals surface area contributed by atoms with Gasteiger partial charge in [0.25, 0.3) is 5.56 Å². The molecule has 1 aliphatic heterocycles. The van der Waals surface area contributed by atoms with Gasteiger partial charge in [-0.3, -0.25) is 9.36 Å². The van der Waals surface area contributed by atoms with E-state index in [0.29, 0.717) is 26.5 Å². The van der Waals surface area contributed by atoms with Crippen LogP contribution >= 0.6 is 11.3 Å². The molecular formula is C27H25N3O3S. The van der Waals surface area contributed by atoms with Gasteiger partial charge in [-0.2, -0.15) is 0 Å². The van der Waals surface area contributed by atoms with Crippen molar-refractivity contribution in [2.45, 2.75) is 32.7 Å². The monoisotopic (exact) mass is 471 g/mol. The maximum Gasteiger partial charge on any atom is 0.338 e. The first-order chi connectivity index (χ1) is 16.4. The van der Waals surface area contributed by atoms with E-state index in [1.54, 1.807) is 11.5 Å². The Morgan fingerprint density at radius 2 is 1.91 bits per heavy atom. The van der Waals surface area contributed by atoms with Crippen molar-refractivity contribution in [1.29, 1.82) is 0 Å². The van der Waals surface area contributed by atoms with Crippen LogP contribution in [0, 0.1) is 0 Å². The van der Waals surface area contributed by atoms with Gasteiger partial charge in [0.15, 0.2) is 4.80 Å². The van der Waals surface area contributed by atoms with Crippen LogP contribution < -0.4 is 14.9 Å². The fourth-order valence-electron chi connectivity index (χ4n) is 4.43. The molecule has 3 heterocycles. The predicted molar refractivity (Wildman–Crippen MR) is 135 cm³/mol. The van der Waals surface area contributed by atoms with Crippen molar-refractivity contribution >= 4 is 34.3 Å². The second-order valence-corrected chi connectivity index (χ2v) is 9.69. The number of nitrogens with one attached hydrogen (secondary N) is 1. The maximum absolute atomic E-state index is 13.7. The zero-order valence-electron chi connectivity index (χ0n) is 19.5. The highest BCUT2D eigenvalue weighted by atomic mass is 32.1. The highest BCUT2D eigenvalue weighted by Gasteiger charge is 2.33. The molecule has 1 atom stereocenters. The summed E-state index contributed by atoms with van der Waals surface area (Å²) in [4.78, 5) is 34.9. The van der Waals surface area contributed by atoms with Crippen LogP contribution in [0.3, 0.4) is 0 Å². The number of fused-ring (bicyclic) bond motifs is 2. The Hall–Kier alpha value is -3.71. The number of hydrogen-bond acceptors (Lipinski definition) is 5. The quantitative estimate of drug-likeness (QED) is 0.457. The standard InChI is InChI=1S/C27H25N3O3S/c1-15(2)17-9-11-18(12-10-17)24-23(26(32)33-4)16(3)29-27-30(24)25(31)22(34-27)13-19-14-28-21-8-6-5-7-20(19)21/h5-15,24,28H,1-4H3/b22-13-. The van der Waals surface area contributed by atoms with Gasteiger partial charge in [-0.05, 0) is 36.1 Å². The van der Waals surface area contributed by atoms with Crippen LogP contribution in [0.25, 0.3) is 17.0 Å². The topological polar surface area (TPSA) is 76.4 Å². The number of ether oxygens (including phenoxy) is 1. The molecule has 0 aliphatic carbocycles. The summed E-state index contributed by atoms with van der Waals surface area (Å²) >= 11 is 1.33. The van der Waals surface area contributed by atoms with E-state index in [1.807, 2.05) is 60.8 Å². The van der Waals surface area contributed by atoms with E-state index in [0.717, 1.165) is 22.0 Å². The fourth-order valence-corrected chi connectivity index (χ4v) is 5.46. The first-order valence-electron chi connectivity index (χ1n) is 11.2. The van der Waals surface area contributed by atoms with Gasteiger partial charge in [0, 0.05) is 22.7 Å². The molecule has 7 heteroatoms. The summed E-state index contributed by atoms with van der Waals surface area (Å²) in [5, 5.41) is 1.04. The van der Waals surface area contributed by atoms with Crippen LogP contribution in [0.5, 0.6) is 0 Å². The van der Waals surface area contributed by atoms with Gasteiger partial charge in [0.05, 0.1) is 29.0 Å². The molecule has 5 rings (SSSR count). The van der Waals surface area contributed by atoms with Crippen molar-refractivity contribution in [2.24, 2.45) is 4.99 Å². The van der Waals surface area contributed by atoms with Crippen molar-refractivity contribution in [3.63, 3.8) is 0 Å². The SMILES string of the molecule is COC(=O)C1=C(C)N=c2s/c(=C\c3c[nH]c4ccccc34)c(=O)n2C1c1ccc(C(C)C)cc1. The smallest absolute Gasteiger partial charge is 0.338 e. The van der Waals surface area contributed by atoms with Gasteiger partial charge < -0.3 is 9.72 Å².